The summed E-state index contributed by atoms with van der Waals surface area (Å²) in [5.74, 6) is -0.522. The van der Waals surface area contributed by atoms with Crippen LogP contribution in [0.15, 0.2) is 36.7 Å². The third kappa shape index (κ3) is 3.13. The highest BCUT2D eigenvalue weighted by Gasteiger charge is 2.19. The first-order valence-electron chi connectivity index (χ1n) is 6.81. The van der Waals surface area contributed by atoms with E-state index in [0.29, 0.717) is 16.9 Å². The number of carbonyl (C=O) groups is 1. The van der Waals surface area contributed by atoms with Crippen LogP contribution in [0.25, 0.3) is 5.65 Å². The monoisotopic (exact) mass is 352 g/mol. The number of alkyl halides is 2. The van der Waals surface area contributed by atoms with Crippen LogP contribution in [-0.4, -0.2) is 27.1 Å². The highest BCUT2D eigenvalue weighted by Crippen LogP contribution is 2.25. The van der Waals surface area contributed by atoms with Gasteiger partial charge in [-0.15, -0.1) is 0 Å². The number of aromatic nitrogens is 3. The molecule has 0 fully saturated rings. The Hall–Kier alpha value is -2.74. The van der Waals surface area contributed by atoms with Gasteiger partial charge in [0.25, 0.3) is 5.91 Å². The van der Waals surface area contributed by atoms with Gasteiger partial charge in [-0.25, -0.2) is 9.50 Å². The maximum Gasteiger partial charge on any atom is 0.387 e. The van der Waals surface area contributed by atoms with Crippen molar-refractivity contribution in [3.05, 3.63) is 52.9 Å². The number of carbonyl (C=O) groups excluding carboxylic acids is 1. The molecular formula is C15H11ClF2N4O2. The number of ether oxygens (including phenoxy) is 1. The summed E-state index contributed by atoms with van der Waals surface area (Å²) < 4.78 is 30.1. The number of nitrogens with one attached hydrogen (secondary N) is 1. The minimum Gasteiger partial charge on any atom is -0.435 e. The Kier molecular flexibility index (Phi) is 4.30. The summed E-state index contributed by atoms with van der Waals surface area (Å²) >= 11 is 6.13. The normalized spacial score (nSPS) is 11.0. The molecule has 6 nitrogen and oxygen atoms in total. The van der Waals surface area contributed by atoms with E-state index < -0.39 is 12.5 Å². The van der Waals surface area contributed by atoms with Gasteiger partial charge in [-0.2, -0.15) is 13.9 Å². The first-order valence-corrected chi connectivity index (χ1v) is 7.19. The zero-order chi connectivity index (χ0) is 17.3. The highest BCUT2D eigenvalue weighted by atomic mass is 35.5. The molecule has 0 saturated heterocycles. The van der Waals surface area contributed by atoms with Gasteiger partial charge in [0.1, 0.15) is 10.8 Å². The van der Waals surface area contributed by atoms with Crippen LogP contribution >= 0.6 is 11.6 Å². The lowest BCUT2D eigenvalue weighted by Crippen LogP contribution is -2.14. The highest BCUT2D eigenvalue weighted by molar-refractivity contribution is 6.37. The molecule has 0 aliphatic rings. The number of rotatable bonds is 4. The topological polar surface area (TPSA) is 68.5 Å². The van der Waals surface area contributed by atoms with Crippen molar-refractivity contribution in [1.29, 1.82) is 0 Å². The fraction of sp³-hybridized carbons (Fsp3) is 0.133. The average Bonchev–Trinajstić information content (AvgIpc) is 2.87. The van der Waals surface area contributed by atoms with Gasteiger partial charge in [-0.3, -0.25) is 4.79 Å². The number of hydrogen-bond donors (Lipinski definition) is 1. The molecule has 0 radical (unpaired) electrons. The quantitative estimate of drug-likeness (QED) is 0.779. The van der Waals surface area contributed by atoms with E-state index in [-0.39, 0.29) is 16.5 Å². The van der Waals surface area contributed by atoms with Gasteiger partial charge >= 0.3 is 6.61 Å². The number of anilines is 1. The molecule has 3 rings (SSSR count). The molecule has 0 bridgehead atoms. The van der Waals surface area contributed by atoms with E-state index in [9.17, 15) is 13.6 Å². The van der Waals surface area contributed by atoms with E-state index >= 15 is 0 Å². The lowest BCUT2D eigenvalue weighted by molar-refractivity contribution is -0.0498. The van der Waals surface area contributed by atoms with E-state index in [0.717, 1.165) is 0 Å². The molecule has 2 aromatic heterocycles. The first kappa shape index (κ1) is 16.1. The number of nitrogens with zero attached hydrogens (tertiary/aromatic N) is 3. The zero-order valence-electron chi connectivity index (χ0n) is 12.3. The maximum atomic E-state index is 12.4. The van der Waals surface area contributed by atoms with Crippen molar-refractivity contribution >= 4 is 28.8 Å². The van der Waals surface area contributed by atoms with Crippen LogP contribution in [-0.2, 0) is 0 Å². The summed E-state index contributed by atoms with van der Waals surface area (Å²) in [5, 5.41) is 6.85. The average molecular weight is 353 g/mol. The number of fused-ring (bicyclic) bond motifs is 1. The number of aryl methyl sites for hydroxylation is 1. The molecule has 1 aromatic carbocycles. The standard InChI is InChI=1S/C15H11ClF2N4O2/c1-8-7-9(24-15(17)18)3-4-10(8)20-14(23)12-11(16)13-19-5-2-6-22(13)21-12/h2-7,15H,1H3,(H,20,23). The third-order valence-electron chi connectivity index (χ3n) is 3.23. The van der Waals surface area contributed by atoms with Gasteiger partial charge in [0.05, 0.1) is 0 Å². The van der Waals surface area contributed by atoms with Crippen LogP contribution in [0, 0.1) is 6.92 Å². The predicted octanol–water partition coefficient (Wildman–Crippen LogP) is 3.54. The van der Waals surface area contributed by atoms with Crippen molar-refractivity contribution in [2.45, 2.75) is 13.5 Å². The van der Waals surface area contributed by atoms with Gasteiger partial charge in [-0.05, 0) is 36.8 Å². The molecule has 1 N–H and O–H groups in total. The molecule has 0 saturated carbocycles. The van der Waals surface area contributed by atoms with Crippen molar-refractivity contribution in [3.63, 3.8) is 0 Å². The van der Waals surface area contributed by atoms with E-state index in [2.05, 4.69) is 20.1 Å². The van der Waals surface area contributed by atoms with Crippen molar-refractivity contribution in [2.75, 3.05) is 5.32 Å². The van der Waals surface area contributed by atoms with Crippen LogP contribution in [0.2, 0.25) is 5.02 Å². The Labute approximate surface area is 140 Å². The van der Waals surface area contributed by atoms with Crippen molar-refractivity contribution in [1.82, 2.24) is 14.6 Å². The molecule has 3 aromatic rings. The Morgan fingerprint density at radius 2 is 2.21 bits per heavy atom. The summed E-state index contributed by atoms with van der Waals surface area (Å²) in [6.45, 7) is -1.25. The zero-order valence-corrected chi connectivity index (χ0v) is 13.1. The minimum absolute atomic E-state index is 0.00969. The Morgan fingerprint density at radius 3 is 2.88 bits per heavy atom. The van der Waals surface area contributed by atoms with E-state index in [1.165, 1.54) is 28.9 Å². The summed E-state index contributed by atoms with van der Waals surface area (Å²) in [6.07, 6.45) is 3.16. The number of amides is 1. The molecule has 0 spiro atoms. The first-order chi connectivity index (χ1) is 11.5. The molecule has 0 atom stereocenters. The summed E-state index contributed by atoms with van der Waals surface area (Å²) in [5.41, 5.74) is 1.37. The minimum atomic E-state index is -2.91. The smallest absolute Gasteiger partial charge is 0.387 e. The van der Waals surface area contributed by atoms with Crippen LogP contribution in [0.5, 0.6) is 5.75 Å². The van der Waals surface area contributed by atoms with Gasteiger partial charge in [0.15, 0.2) is 11.3 Å². The Morgan fingerprint density at radius 1 is 1.42 bits per heavy atom. The molecule has 9 heteroatoms. The third-order valence-corrected chi connectivity index (χ3v) is 3.57. The lowest BCUT2D eigenvalue weighted by atomic mass is 10.2. The molecule has 2 heterocycles. The molecule has 124 valence electrons. The number of halogens is 3. The molecule has 0 unspecified atom stereocenters. The van der Waals surface area contributed by atoms with Crippen LogP contribution < -0.4 is 10.1 Å². The molecule has 1 amide bonds. The second kappa shape index (κ2) is 6.40. The predicted molar refractivity (Wildman–Crippen MR) is 83.8 cm³/mol. The van der Waals surface area contributed by atoms with E-state index in [1.807, 2.05) is 0 Å². The van der Waals surface area contributed by atoms with Gasteiger partial charge in [-0.1, -0.05) is 11.6 Å². The second-order valence-corrected chi connectivity index (χ2v) is 5.24. The summed E-state index contributed by atoms with van der Waals surface area (Å²) in [6, 6.07) is 5.85. The SMILES string of the molecule is Cc1cc(OC(F)F)ccc1NC(=O)c1nn2cccnc2c1Cl. The van der Waals surface area contributed by atoms with Crippen molar-refractivity contribution in [2.24, 2.45) is 0 Å². The molecule has 24 heavy (non-hydrogen) atoms. The van der Waals surface area contributed by atoms with E-state index in [4.69, 9.17) is 11.6 Å². The summed E-state index contributed by atoms with van der Waals surface area (Å²) in [4.78, 5) is 16.4. The largest absolute Gasteiger partial charge is 0.435 e. The van der Waals surface area contributed by atoms with Gasteiger partial charge in [0, 0.05) is 18.1 Å². The second-order valence-electron chi connectivity index (χ2n) is 4.86. The fourth-order valence-electron chi connectivity index (χ4n) is 2.14. The van der Waals surface area contributed by atoms with Crippen LogP contribution in [0.3, 0.4) is 0 Å². The lowest BCUT2D eigenvalue weighted by Gasteiger charge is -2.10. The molecule has 0 aliphatic heterocycles. The van der Waals surface area contributed by atoms with Crippen molar-refractivity contribution in [3.8, 4) is 5.75 Å². The maximum absolute atomic E-state index is 12.4. The Balaban J connectivity index is 1.85. The molecule has 0 aliphatic carbocycles. The van der Waals surface area contributed by atoms with Gasteiger partial charge < -0.3 is 10.1 Å². The van der Waals surface area contributed by atoms with Gasteiger partial charge in [0.2, 0.25) is 0 Å². The van der Waals surface area contributed by atoms with Crippen LogP contribution in [0.1, 0.15) is 16.1 Å². The van der Waals surface area contributed by atoms with E-state index in [1.54, 1.807) is 19.2 Å². The van der Waals surface area contributed by atoms with Crippen molar-refractivity contribution < 1.29 is 18.3 Å². The number of benzene rings is 1. The number of hydrogen-bond acceptors (Lipinski definition) is 4. The Bertz CT molecular complexity index is 914. The molecular weight excluding hydrogens is 342 g/mol. The van der Waals surface area contributed by atoms with Crippen LogP contribution in [0.4, 0.5) is 14.5 Å². The summed E-state index contributed by atoms with van der Waals surface area (Å²) in [7, 11) is 0. The fourth-order valence-corrected chi connectivity index (χ4v) is 2.40.